The maximum Gasteiger partial charge on any atom is 0.222 e. The van der Waals surface area contributed by atoms with E-state index in [-0.39, 0.29) is 11.7 Å². The van der Waals surface area contributed by atoms with Crippen molar-refractivity contribution in [2.45, 2.75) is 46.0 Å². The van der Waals surface area contributed by atoms with Crippen molar-refractivity contribution in [2.24, 2.45) is 5.92 Å². The number of ketones is 1. The number of rotatable bonds is 6. The van der Waals surface area contributed by atoms with Gasteiger partial charge < -0.3 is 9.69 Å². The maximum atomic E-state index is 11.6. The van der Waals surface area contributed by atoms with Gasteiger partial charge in [0.05, 0.1) is 0 Å². The van der Waals surface area contributed by atoms with E-state index in [4.69, 9.17) is 0 Å². The van der Waals surface area contributed by atoms with Crippen LogP contribution in [0.25, 0.3) is 0 Å². The number of nitrogens with zero attached hydrogens (tertiary/aromatic N) is 1. The van der Waals surface area contributed by atoms with Gasteiger partial charge in [0.25, 0.3) is 0 Å². The van der Waals surface area contributed by atoms with E-state index in [9.17, 15) is 9.59 Å². The largest absolute Gasteiger partial charge is 0.342 e. The zero-order chi connectivity index (χ0) is 11.3. The summed E-state index contributed by atoms with van der Waals surface area (Å²) in [6.07, 6.45) is 4.43. The van der Waals surface area contributed by atoms with Crippen LogP contribution in [0.2, 0.25) is 0 Å². The van der Waals surface area contributed by atoms with Crippen LogP contribution >= 0.6 is 0 Å². The molecule has 1 fully saturated rings. The summed E-state index contributed by atoms with van der Waals surface area (Å²) in [5.41, 5.74) is 0. The third kappa shape index (κ3) is 4.02. The molecule has 1 unspecified atom stereocenters. The van der Waals surface area contributed by atoms with Crippen molar-refractivity contribution < 1.29 is 9.59 Å². The first kappa shape index (κ1) is 12.2. The van der Waals surface area contributed by atoms with E-state index in [0.29, 0.717) is 18.8 Å². The molecule has 0 aromatic rings. The second-order valence-corrected chi connectivity index (χ2v) is 4.50. The van der Waals surface area contributed by atoms with Crippen LogP contribution in [0, 0.1) is 5.92 Å². The summed E-state index contributed by atoms with van der Waals surface area (Å²) < 4.78 is 0. The molecule has 1 saturated heterocycles. The van der Waals surface area contributed by atoms with Crippen LogP contribution in [0.3, 0.4) is 0 Å². The van der Waals surface area contributed by atoms with Crippen LogP contribution in [-0.4, -0.2) is 29.7 Å². The van der Waals surface area contributed by atoms with Crippen molar-refractivity contribution in [3.63, 3.8) is 0 Å². The van der Waals surface area contributed by atoms with Crippen molar-refractivity contribution in [3.8, 4) is 0 Å². The normalized spacial score (nSPS) is 21.1. The number of likely N-dealkylation sites (tertiary alicyclic amines) is 1. The molecule has 1 atom stereocenters. The Balaban J connectivity index is 2.25. The SMILES string of the molecule is CCCC1CC(=O)N(CCCC(C)=O)C1. The molecule has 1 amide bonds. The molecule has 0 N–H and O–H groups in total. The van der Waals surface area contributed by atoms with E-state index in [1.165, 1.54) is 0 Å². The zero-order valence-electron chi connectivity index (χ0n) is 9.79. The molecule has 0 aliphatic carbocycles. The molecular weight excluding hydrogens is 190 g/mol. The number of hydrogen-bond acceptors (Lipinski definition) is 2. The van der Waals surface area contributed by atoms with E-state index >= 15 is 0 Å². The first-order valence-corrected chi connectivity index (χ1v) is 5.90. The summed E-state index contributed by atoms with van der Waals surface area (Å²) in [4.78, 5) is 24.3. The number of carbonyl (C=O) groups excluding carboxylic acids is 2. The van der Waals surface area contributed by atoms with Crippen LogP contribution < -0.4 is 0 Å². The average Bonchev–Trinajstić information content (AvgIpc) is 2.47. The molecular formula is C12H21NO2. The zero-order valence-corrected chi connectivity index (χ0v) is 9.79. The fraction of sp³-hybridized carbons (Fsp3) is 0.833. The van der Waals surface area contributed by atoms with Crippen LogP contribution in [0.5, 0.6) is 0 Å². The molecule has 1 aliphatic rings. The highest BCUT2D eigenvalue weighted by atomic mass is 16.2. The Morgan fingerprint density at radius 1 is 1.53 bits per heavy atom. The molecule has 0 aromatic carbocycles. The molecule has 3 nitrogen and oxygen atoms in total. The van der Waals surface area contributed by atoms with E-state index in [1.807, 2.05) is 4.90 Å². The molecule has 0 saturated carbocycles. The monoisotopic (exact) mass is 211 g/mol. The Bertz CT molecular complexity index is 238. The standard InChI is InChI=1S/C12H21NO2/c1-3-5-11-8-12(15)13(9-11)7-4-6-10(2)14/h11H,3-9H2,1-2H3. The smallest absolute Gasteiger partial charge is 0.222 e. The fourth-order valence-corrected chi connectivity index (χ4v) is 2.19. The van der Waals surface area contributed by atoms with Crippen molar-refractivity contribution in [2.75, 3.05) is 13.1 Å². The predicted octanol–water partition coefficient (Wildman–Crippen LogP) is 2.00. The number of Topliss-reactive ketones (excluding diaryl/α,β-unsaturated/α-hetero) is 1. The van der Waals surface area contributed by atoms with Gasteiger partial charge in [0, 0.05) is 25.9 Å². The van der Waals surface area contributed by atoms with Gasteiger partial charge in [-0.3, -0.25) is 4.79 Å². The van der Waals surface area contributed by atoms with Crippen LogP contribution in [-0.2, 0) is 9.59 Å². The quantitative estimate of drug-likeness (QED) is 0.674. The first-order valence-electron chi connectivity index (χ1n) is 5.90. The second-order valence-electron chi connectivity index (χ2n) is 4.50. The Morgan fingerprint density at radius 2 is 2.27 bits per heavy atom. The van der Waals surface area contributed by atoms with Gasteiger partial charge in [-0.1, -0.05) is 13.3 Å². The summed E-state index contributed by atoms with van der Waals surface area (Å²) in [5, 5.41) is 0. The molecule has 1 aliphatic heterocycles. The number of hydrogen-bond donors (Lipinski definition) is 0. The molecule has 86 valence electrons. The van der Waals surface area contributed by atoms with Gasteiger partial charge in [-0.15, -0.1) is 0 Å². The van der Waals surface area contributed by atoms with Crippen LogP contribution in [0.4, 0.5) is 0 Å². The minimum Gasteiger partial charge on any atom is -0.342 e. The second kappa shape index (κ2) is 5.89. The van der Waals surface area contributed by atoms with Crippen LogP contribution in [0.15, 0.2) is 0 Å². The first-order chi connectivity index (χ1) is 7.13. The minimum absolute atomic E-state index is 0.215. The van der Waals surface area contributed by atoms with Gasteiger partial charge in [-0.05, 0) is 25.7 Å². The van der Waals surface area contributed by atoms with Gasteiger partial charge in [0.1, 0.15) is 5.78 Å². The number of carbonyl (C=O) groups is 2. The fourth-order valence-electron chi connectivity index (χ4n) is 2.19. The van der Waals surface area contributed by atoms with Crippen LogP contribution in [0.1, 0.15) is 46.0 Å². The Morgan fingerprint density at radius 3 is 2.87 bits per heavy atom. The Labute approximate surface area is 91.8 Å². The van der Waals surface area contributed by atoms with Gasteiger partial charge in [-0.25, -0.2) is 0 Å². The van der Waals surface area contributed by atoms with Crippen molar-refractivity contribution in [1.82, 2.24) is 4.90 Å². The lowest BCUT2D eigenvalue weighted by molar-refractivity contribution is -0.128. The Hall–Kier alpha value is -0.860. The highest BCUT2D eigenvalue weighted by Gasteiger charge is 2.28. The third-order valence-electron chi connectivity index (χ3n) is 2.95. The van der Waals surface area contributed by atoms with E-state index in [1.54, 1.807) is 6.92 Å². The van der Waals surface area contributed by atoms with Crippen molar-refractivity contribution >= 4 is 11.7 Å². The molecule has 0 aromatic heterocycles. The molecule has 0 spiro atoms. The summed E-state index contributed by atoms with van der Waals surface area (Å²) in [6.45, 7) is 5.43. The summed E-state index contributed by atoms with van der Waals surface area (Å²) >= 11 is 0. The Kier molecular flexibility index (Phi) is 4.79. The van der Waals surface area contributed by atoms with E-state index in [2.05, 4.69) is 6.92 Å². The average molecular weight is 211 g/mol. The molecule has 15 heavy (non-hydrogen) atoms. The molecule has 0 bridgehead atoms. The minimum atomic E-state index is 0.215. The lowest BCUT2D eigenvalue weighted by Gasteiger charge is -2.15. The van der Waals surface area contributed by atoms with Gasteiger partial charge in [0.15, 0.2) is 0 Å². The highest BCUT2D eigenvalue weighted by Crippen LogP contribution is 2.22. The predicted molar refractivity (Wildman–Crippen MR) is 59.5 cm³/mol. The van der Waals surface area contributed by atoms with Gasteiger partial charge in [-0.2, -0.15) is 0 Å². The maximum absolute atomic E-state index is 11.6. The van der Waals surface area contributed by atoms with Crippen molar-refractivity contribution in [1.29, 1.82) is 0 Å². The van der Waals surface area contributed by atoms with Gasteiger partial charge in [0.2, 0.25) is 5.91 Å². The van der Waals surface area contributed by atoms with E-state index in [0.717, 1.165) is 32.4 Å². The lowest BCUT2D eigenvalue weighted by Crippen LogP contribution is -2.26. The third-order valence-corrected chi connectivity index (χ3v) is 2.95. The number of amides is 1. The van der Waals surface area contributed by atoms with Gasteiger partial charge >= 0.3 is 0 Å². The summed E-state index contributed by atoms with van der Waals surface area (Å²) in [6, 6.07) is 0. The molecule has 1 rings (SSSR count). The van der Waals surface area contributed by atoms with E-state index < -0.39 is 0 Å². The molecule has 0 radical (unpaired) electrons. The highest BCUT2D eigenvalue weighted by molar-refractivity contribution is 5.79. The van der Waals surface area contributed by atoms with Crippen molar-refractivity contribution in [3.05, 3.63) is 0 Å². The molecule has 3 heteroatoms. The lowest BCUT2D eigenvalue weighted by atomic mass is 10.0. The molecule has 1 heterocycles. The summed E-state index contributed by atoms with van der Waals surface area (Å²) in [5.74, 6) is 1.04. The topological polar surface area (TPSA) is 37.4 Å². The summed E-state index contributed by atoms with van der Waals surface area (Å²) in [7, 11) is 0.